The lowest BCUT2D eigenvalue weighted by atomic mass is 10.1. The lowest BCUT2D eigenvalue weighted by Gasteiger charge is -2.19. The van der Waals surface area contributed by atoms with Gasteiger partial charge >= 0.3 is 12.1 Å². The normalized spacial score (nSPS) is 11.5. The highest BCUT2D eigenvalue weighted by Crippen LogP contribution is 2.37. The number of nitrogens with zero attached hydrogens (tertiary/aromatic N) is 1. The van der Waals surface area contributed by atoms with E-state index in [0.29, 0.717) is 0 Å². The molecule has 0 saturated carbocycles. The summed E-state index contributed by atoms with van der Waals surface area (Å²) in [6.45, 7) is 8.02. The molecule has 1 heterocycles. The van der Waals surface area contributed by atoms with Crippen molar-refractivity contribution in [1.82, 2.24) is 9.88 Å². The molecule has 31 heavy (non-hydrogen) atoms. The monoisotopic (exact) mass is 444 g/mol. The maximum absolute atomic E-state index is 15.0. The lowest BCUT2D eigenvalue weighted by Crippen LogP contribution is -2.33. The van der Waals surface area contributed by atoms with Crippen molar-refractivity contribution in [3.63, 3.8) is 0 Å². The van der Waals surface area contributed by atoms with E-state index in [1.165, 1.54) is 14.0 Å². The van der Waals surface area contributed by atoms with E-state index < -0.39 is 46.6 Å². The largest absolute Gasteiger partial charge is 0.487 e. The van der Waals surface area contributed by atoms with Crippen LogP contribution in [0.1, 0.15) is 50.2 Å². The minimum absolute atomic E-state index is 0.00131. The number of alkyl carbamates (subject to hydrolysis) is 1. The maximum Gasteiger partial charge on any atom is 0.407 e. The average Bonchev–Trinajstić information content (AvgIpc) is 2.91. The van der Waals surface area contributed by atoms with Gasteiger partial charge in [-0.25, -0.2) is 22.8 Å². The van der Waals surface area contributed by atoms with Crippen molar-refractivity contribution in [2.75, 3.05) is 19.8 Å². The molecule has 172 valence electrons. The van der Waals surface area contributed by atoms with E-state index in [4.69, 9.17) is 14.2 Å². The molecule has 10 heteroatoms. The molecule has 0 spiro atoms. The molecular formula is C21H27F3N2O5. The van der Waals surface area contributed by atoms with Gasteiger partial charge in [0.05, 0.1) is 18.7 Å². The summed E-state index contributed by atoms with van der Waals surface area (Å²) in [6, 6.07) is 0. The summed E-state index contributed by atoms with van der Waals surface area (Å²) in [5.41, 5.74) is -1.65. The Morgan fingerprint density at radius 1 is 1.10 bits per heavy atom. The summed E-state index contributed by atoms with van der Waals surface area (Å²) in [6.07, 6.45) is -0.377. The molecule has 0 atom stereocenters. The van der Waals surface area contributed by atoms with E-state index in [-0.39, 0.29) is 42.6 Å². The Balaban J connectivity index is 2.21. The van der Waals surface area contributed by atoms with Crippen LogP contribution in [0.2, 0.25) is 0 Å². The zero-order valence-corrected chi connectivity index (χ0v) is 18.5. The third-order valence-electron chi connectivity index (χ3n) is 4.35. The molecule has 0 saturated heterocycles. The number of aromatic nitrogens is 1. The molecular weight excluding hydrogens is 417 g/mol. The Hall–Kier alpha value is -2.91. The highest BCUT2D eigenvalue weighted by molar-refractivity contribution is 5.98. The van der Waals surface area contributed by atoms with Gasteiger partial charge in [0.1, 0.15) is 5.60 Å². The maximum atomic E-state index is 15.0. The third kappa shape index (κ3) is 5.23. The number of halogens is 3. The zero-order chi connectivity index (χ0) is 23.5. The number of ether oxygens (including phenoxy) is 3. The van der Waals surface area contributed by atoms with Gasteiger partial charge in [0.2, 0.25) is 0 Å². The summed E-state index contributed by atoms with van der Waals surface area (Å²) in [7, 11) is 1.28. The first-order chi connectivity index (χ1) is 14.4. The van der Waals surface area contributed by atoms with E-state index in [1.54, 1.807) is 27.7 Å². The van der Waals surface area contributed by atoms with Crippen LogP contribution < -0.4 is 10.1 Å². The van der Waals surface area contributed by atoms with Crippen LogP contribution in [-0.2, 0) is 16.5 Å². The van der Waals surface area contributed by atoms with Crippen LogP contribution in [0.25, 0.3) is 10.9 Å². The van der Waals surface area contributed by atoms with Crippen molar-refractivity contribution >= 4 is 23.0 Å². The van der Waals surface area contributed by atoms with Gasteiger partial charge < -0.3 is 24.1 Å². The van der Waals surface area contributed by atoms with E-state index >= 15 is 4.39 Å². The minimum atomic E-state index is -1.13. The second kappa shape index (κ2) is 9.49. The summed E-state index contributed by atoms with van der Waals surface area (Å²) in [5, 5.41) is 2.16. The number of nitrogens with one attached hydrogen (secondary N) is 1. The van der Waals surface area contributed by atoms with Crippen molar-refractivity contribution in [3.8, 4) is 5.75 Å². The van der Waals surface area contributed by atoms with Crippen LogP contribution in [0, 0.1) is 24.4 Å². The first kappa shape index (κ1) is 24.4. The molecule has 0 bridgehead atoms. The first-order valence-corrected chi connectivity index (χ1v) is 9.82. The van der Waals surface area contributed by atoms with E-state index in [1.807, 2.05) is 0 Å². The molecule has 0 unspecified atom stereocenters. The minimum Gasteiger partial charge on any atom is -0.487 e. The van der Waals surface area contributed by atoms with Crippen molar-refractivity contribution in [2.24, 2.45) is 7.05 Å². The molecule has 2 rings (SSSR count). The molecule has 0 aliphatic heterocycles. The Morgan fingerprint density at radius 2 is 1.74 bits per heavy atom. The van der Waals surface area contributed by atoms with Crippen LogP contribution in [-0.4, -0.2) is 42.0 Å². The van der Waals surface area contributed by atoms with Crippen molar-refractivity contribution in [2.45, 2.75) is 46.6 Å². The number of esters is 1. The van der Waals surface area contributed by atoms with Crippen molar-refractivity contribution in [3.05, 3.63) is 28.7 Å². The zero-order valence-electron chi connectivity index (χ0n) is 18.5. The molecule has 1 aromatic carbocycles. The molecule has 0 aliphatic rings. The Kier molecular flexibility index (Phi) is 7.45. The van der Waals surface area contributed by atoms with Gasteiger partial charge in [-0.05, 0) is 41.0 Å². The first-order valence-electron chi connectivity index (χ1n) is 9.82. The van der Waals surface area contributed by atoms with Crippen LogP contribution in [0.4, 0.5) is 18.0 Å². The third-order valence-corrected chi connectivity index (χ3v) is 4.35. The molecule has 2 aromatic rings. The number of amides is 1. The number of hydrogen-bond acceptors (Lipinski definition) is 5. The van der Waals surface area contributed by atoms with Gasteiger partial charge in [-0.15, -0.1) is 0 Å². The van der Waals surface area contributed by atoms with E-state index in [0.717, 1.165) is 4.57 Å². The molecule has 0 fully saturated rings. The van der Waals surface area contributed by atoms with Crippen LogP contribution in [0.5, 0.6) is 5.75 Å². The number of hydrogen-bond donors (Lipinski definition) is 1. The quantitative estimate of drug-likeness (QED) is 0.507. The highest BCUT2D eigenvalue weighted by atomic mass is 19.1. The van der Waals surface area contributed by atoms with Gasteiger partial charge in [-0.1, -0.05) is 0 Å². The average molecular weight is 444 g/mol. The fourth-order valence-electron chi connectivity index (χ4n) is 3.04. The van der Waals surface area contributed by atoms with Gasteiger partial charge in [0.15, 0.2) is 28.9 Å². The van der Waals surface area contributed by atoms with E-state index in [9.17, 15) is 18.4 Å². The van der Waals surface area contributed by atoms with Crippen molar-refractivity contribution in [1.29, 1.82) is 0 Å². The topological polar surface area (TPSA) is 78.8 Å². The Labute approximate surface area is 178 Å². The molecule has 1 amide bonds. The number of benzene rings is 1. The summed E-state index contributed by atoms with van der Waals surface area (Å²) < 4.78 is 60.7. The van der Waals surface area contributed by atoms with Crippen LogP contribution in [0.3, 0.4) is 0 Å². The fraction of sp³-hybridized carbons (Fsp3) is 0.524. The molecule has 1 N–H and O–H groups in total. The number of aryl methyl sites for hydroxylation is 2. The number of fused-ring (bicyclic) bond motifs is 1. The summed E-state index contributed by atoms with van der Waals surface area (Å²) in [4.78, 5) is 23.7. The van der Waals surface area contributed by atoms with Gasteiger partial charge in [-0.2, -0.15) is 0 Å². The molecule has 0 radical (unpaired) electrons. The molecule has 7 nitrogen and oxygen atoms in total. The molecule has 1 aromatic heterocycles. The predicted molar refractivity (Wildman–Crippen MR) is 108 cm³/mol. The second-order valence-corrected chi connectivity index (χ2v) is 7.88. The van der Waals surface area contributed by atoms with Gasteiger partial charge in [0, 0.05) is 24.5 Å². The smallest absolute Gasteiger partial charge is 0.407 e. The Bertz CT molecular complexity index is 996. The fourth-order valence-corrected chi connectivity index (χ4v) is 3.04. The predicted octanol–water partition coefficient (Wildman–Crippen LogP) is 4.37. The number of rotatable bonds is 7. The van der Waals surface area contributed by atoms with Crippen LogP contribution >= 0.6 is 0 Å². The molecule has 0 aliphatic carbocycles. The number of carbonyl (C=O) groups is 2. The standard InChI is InChI=1S/C21H27F3N2O5/c1-7-29-19(27)17-14(23)12-11(2)13(22)18(15(24)16(12)26(17)6)30-10-8-9-25-20(28)31-21(3,4)5/h7-10H2,1-6H3,(H,25,28). The van der Waals surface area contributed by atoms with Gasteiger partial charge in [-0.3, -0.25) is 0 Å². The van der Waals surface area contributed by atoms with Gasteiger partial charge in [0.25, 0.3) is 0 Å². The highest BCUT2D eigenvalue weighted by Gasteiger charge is 2.30. The lowest BCUT2D eigenvalue weighted by molar-refractivity contribution is 0.0504. The second-order valence-electron chi connectivity index (χ2n) is 7.88. The number of carbonyl (C=O) groups excluding carboxylic acids is 2. The summed E-state index contributed by atoms with van der Waals surface area (Å²) in [5.74, 6) is -4.91. The van der Waals surface area contributed by atoms with E-state index in [2.05, 4.69) is 5.32 Å². The SMILES string of the molecule is CCOC(=O)c1c(F)c2c(C)c(F)c(OCCCNC(=O)OC(C)(C)C)c(F)c2n1C. The van der Waals surface area contributed by atoms with Crippen molar-refractivity contribution < 1.29 is 37.0 Å². The summed E-state index contributed by atoms with van der Waals surface area (Å²) >= 11 is 0. The van der Waals surface area contributed by atoms with Crippen LogP contribution in [0.15, 0.2) is 0 Å². The Morgan fingerprint density at radius 3 is 2.32 bits per heavy atom.